The molecule has 0 radical (unpaired) electrons. The first-order valence-corrected chi connectivity index (χ1v) is 9.74. The van der Waals surface area contributed by atoms with Gasteiger partial charge in [-0.25, -0.2) is 9.78 Å². The summed E-state index contributed by atoms with van der Waals surface area (Å²) in [4.78, 5) is 29.0. The van der Waals surface area contributed by atoms with Crippen molar-refractivity contribution in [3.05, 3.63) is 62.1 Å². The molecule has 1 N–H and O–H groups in total. The number of hydrogen-bond donors (Lipinski definition) is 1. The molecule has 134 valence electrons. The van der Waals surface area contributed by atoms with Crippen LogP contribution in [0.1, 0.15) is 29.9 Å². The van der Waals surface area contributed by atoms with Gasteiger partial charge in [-0.15, -0.1) is 22.7 Å². The molecule has 0 aliphatic rings. The van der Waals surface area contributed by atoms with Crippen molar-refractivity contribution in [2.45, 2.75) is 13.3 Å². The van der Waals surface area contributed by atoms with E-state index in [4.69, 9.17) is 0 Å². The Kier molecular flexibility index (Phi) is 5.80. The molecule has 0 fully saturated rings. The Labute approximate surface area is 159 Å². The predicted molar refractivity (Wildman–Crippen MR) is 104 cm³/mol. The number of nitrogens with zero attached hydrogens (tertiary/aromatic N) is 1. The zero-order valence-corrected chi connectivity index (χ0v) is 16.1. The quantitative estimate of drug-likeness (QED) is 0.652. The van der Waals surface area contributed by atoms with Crippen LogP contribution in [-0.4, -0.2) is 30.5 Å². The lowest BCUT2D eigenvalue weighted by molar-refractivity contribution is 0.0606. The van der Waals surface area contributed by atoms with Gasteiger partial charge in [0.2, 0.25) is 0 Å². The summed E-state index contributed by atoms with van der Waals surface area (Å²) < 4.78 is 4.65. The fourth-order valence-electron chi connectivity index (χ4n) is 2.42. The second-order valence-corrected chi connectivity index (χ2v) is 7.76. The Morgan fingerprint density at radius 3 is 2.50 bits per heavy atom. The van der Waals surface area contributed by atoms with E-state index in [1.165, 1.54) is 7.11 Å². The first-order chi connectivity index (χ1) is 12.6. The lowest BCUT2D eigenvalue weighted by Gasteiger charge is -2.05. The SMILES string of the molecule is COC(=O)c1ccc(C(=O)NCCc2ccc(-c3csc(C)n3)cc2)s1. The molecule has 3 rings (SSSR count). The van der Waals surface area contributed by atoms with E-state index < -0.39 is 5.97 Å². The van der Waals surface area contributed by atoms with Crippen LogP contribution in [0.25, 0.3) is 11.3 Å². The molecule has 0 bridgehead atoms. The van der Waals surface area contributed by atoms with Gasteiger partial charge < -0.3 is 10.1 Å². The van der Waals surface area contributed by atoms with Crippen LogP contribution < -0.4 is 5.32 Å². The van der Waals surface area contributed by atoms with Gasteiger partial charge in [-0.2, -0.15) is 0 Å². The summed E-state index contributed by atoms with van der Waals surface area (Å²) in [7, 11) is 1.32. The maximum atomic E-state index is 12.1. The van der Waals surface area contributed by atoms with Crippen LogP contribution in [0.15, 0.2) is 41.8 Å². The fraction of sp³-hybridized carbons (Fsp3) is 0.211. The van der Waals surface area contributed by atoms with Crippen LogP contribution in [0.2, 0.25) is 0 Å². The van der Waals surface area contributed by atoms with Crippen molar-refractivity contribution in [1.82, 2.24) is 10.3 Å². The summed E-state index contributed by atoms with van der Waals surface area (Å²) >= 11 is 2.77. The van der Waals surface area contributed by atoms with Crippen molar-refractivity contribution in [2.24, 2.45) is 0 Å². The Hall–Kier alpha value is -2.51. The van der Waals surface area contributed by atoms with E-state index in [0.29, 0.717) is 16.3 Å². The summed E-state index contributed by atoms with van der Waals surface area (Å²) in [5.41, 5.74) is 3.23. The summed E-state index contributed by atoms with van der Waals surface area (Å²) in [6.45, 7) is 2.52. The first kappa shape index (κ1) is 18.3. The minimum atomic E-state index is -0.426. The van der Waals surface area contributed by atoms with Gasteiger partial charge in [-0.05, 0) is 31.0 Å². The van der Waals surface area contributed by atoms with Crippen molar-refractivity contribution in [3.8, 4) is 11.3 Å². The average Bonchev–Trinajstić information content (AvgIpc) is 3.31. The normalized spacial score (nSPS) is 10.5. The minimum Gasteiger partial charge on any atom is -0.465 e. The highest BCUT2D eigenvalue weighted by Crippen LogP contribution is 2.22. The second kappa shape index (κ2) is 8.25. The number of aromatic nitrogens is 1. The van der Waals surface area contributed by atoms with E-state index in [-0.39, 0.29) is 5.91 Å². The molecule has 0 saturated heterocycles. The molecule has 2 aromatic heterocycles. The minimum absolute atomic E-state index is 0.181. The number of ether oxygens (including phenoxy) is 1. The standard InChI is InChI=1S/C19H18N2O3S2/c1-12-21-15(11-25-12)14-5-3-13(4-6-14)9-10-20-18(22)16-7-8-17(26-16)19(23)24-2/h3-8,11H,9-10H2,1-2H3,(H,20,22). The van der Waals surface area contributed by atoms with E-state index in [0.717, 1.165) is 39.6 Å². The topological polar surface area (TPSA) is 68.3 Å². The summed E-state index contributed by atoms with van der Waals surface area (Å²) in [5.74, 6) is -0.607. The van der Waals surface area contributed by atoms with Crippen LogP contribution in [0.5, 0.6) is 0 Å². The van der Waals surface area contributed by atoms with Crippen LogP contribution in [0.4, 0.5) is 0 Å². The number of carbonyl (C=O) groups excluding carboxylic acids is 2. The maximum absolute atomic E-state index is 12.1. The summed E-state index contributed by atoms with van der Waals surface area (Å²) in [6.07, 6.45) is 0.733. The second-order valence-electron chi connectivity index (χ2n) is 5.61. The molecule has 0 saturated carbocycles. The predicted octanol–water partition coefficient (Wildman–Crippen LogP) is 3.94. The maximum Gasteiger partial charge on any atom is 0.348 e. The molecule has 0 unspecified atom stereocenters. The zero-order valence-electron chi connectivity index (χ0n) is 14.4. The molecule has 0 atom stereocenters. The number of nitrogens with one attached hydrogen (secondary N) is 1. The van der Waals surface area contributed by atoms with E-state index in [1.807, 2.05) is 24.4 Å². The number of rotatable bonds is 6. The van der Waals surface area contributed by atoms with Gasteiger partial charge in [-0.3, -0.25) is 4.79 Å². The third-order valence-electron chi connectivity index (χ3n) is 3.78. The van der Waals surface area contributed by atoms with Gasteiger partial charge >= 0.3 is 5.97 Å². The highest BCUT2D eigenvalue weighted by Gasteiger charge is 2.13. The van der Waals surface area contributed by atoms with Gasteiger partial charge in [0.05, 0.1) is 22.7 Å². The fourth-order valence-corrected chi connectivity index (χ4v) is 3.88. The third-order valence-corrected chi connectivity index (χ3v) is 5.62. The number of hydrogen-bond acceptors (Lipinski definition) is 6. The molecule has 3 aromatic rings. The zero-order chi connectivity index (χ0) is 18.5. The Balaban J connectivity index is 1.52. The molecule has 0 aliphatic heterocycles. The molecule has 0 aliphatic carbocycles. The molecule has 2 heterocycles. The van der Waals surface area contributed by atoms with Gasteiger partial charge in [0.15, 0.2) is 0 Å². The van der Waals surface area contributed by atoms with E-state index in [9.17, 15) is 9.59 Å². The van der Waals surface area contributed by atoms with Crippen molar-refractivity contribution >= 4 is 34.6 Å². The summed E-state index contributed by atoms with van der Waals surface area (Å²) in [5, 5.41) is 5.98. The van der Waals surface area contributed by atoms with Gasteiger partial charge in [0.1, 0.15) is 4.88 Å². The molecular formula is C19H18N2O3S2. The molecule has 1 aromatic carbocycles. The van der Waals surface area contributed by atoms with Crippen molar-refractivity contribution in [2.75, 3.05) is 13.7 Å². The Morgan fingerprint density at radius 1 is 1.12 bits per heavy atom. The van der Waals surface area contributed by atoms with Gasteiger partial charge in [0.25, 0.3) is 5.91 Å². The molecular weight excluding hydrogens is 368 g/mol. The first-order valence-electron chi connectivity index (χ1n) is 8.04. The van der Waals surface area contributed by atoms with Crippen LogP contribution in [0.3, 0.4) is 0 Å². The number of methoxy groups -OCH3 is 1. The van der Waals surface area contributed by atoms with E-state index >= 15 is 0 Å². The van der Waals surface area contributed by atoms with Crippen LogP contribution in [-0.2, 0) is 11.2 Å². The average molecular weight is 386 g/mol. The lowest BCUT2D eigenvalue weighted by atomic mass is 10.1. The van der Waals surface area contributed by atoms with E-state index in [2.05, 4.69) is 27.2 Å². The third kappa shape index (κ3) is 4.36. The number of carbonyl (C=O) groups is 2. The molecule has 0 spiro atoms. The molecule has 5 nitrogen and oxygen atoms in total. The molecule has 1 amide bonds. The van der Waals surface area contributed by atoms with Crippen LogP contribution >= 0.6 is 22.7 Å². The summed E-state index contributed by atoms with van der Waals surface area (Å²) in [6, 6.07) is 11.4. The highest BCUT2D eigenvalue weighted by atomic mass is 32.1. The highest BCUT2D eigenvalue weighted by molar-refractivity contribution is 7.15. The molecule has 7 heteroatoms. The van der Waals surface area contributed by atoms with Gasteiger partial charge in [-0.1, -0.05) is 24.3 Å². The number of thiazole rings is 1. The number of benzene rings is 1. The Morgan fingerprint density at radius 2 is 1.85 bits per heavy atom. The van der Waals surface area contributed by atoms with Gasteiger partial charge in [0, 0.05) is 17.5 Å². The monoisotopic (exact) mass is 386 g/mol. The van der Waals surface area contributed by atoms with Crippen molar-refractivity contribution in [1.29, 1.82) is 0 Å². The van der Waals surface area contributed by atoms with E-state index in [1.54, 1.807) is 23.5 Å². The largest absolute Gasteiger partial charge is 0.465 e. The van der Waals surface area contributed by atoms with Crippen LogP contribution in [0, 0.1) is 6.92 Å². The molecule has 26 heavy (non-hydrogen) atoms. The van der Waals surface area contributed by atoms with Crippen molar-refractivity contribution < 1.29 is 14.3 Å². The number of aryl methyl sites for hydroxylation is 1. The lowest BCUT2D eigenvalue weighted by Crippen LogP contribution is -2.24. The smallest absolute Gasteiger partial charge is 0.348 e. The van der Waals surface area contributed by atoms with Crippen molar-refractivity contribution in [3.63, 3.8) is 0 Å². The number of thiophene rings is 1. The number of amides is 1. The Bertz CT molecular complexity index is 913. The number of esters is 1.